The summed E-state index contributed by atoms with van der Waals surface area (Å²) < 4.78 is 0. The molecule has 0 unspecified atom stereocenters. The molecule has 16 heavy (non-hydrogen) atoms. The van der Waals surface area contributed by atoms with Crippen LogP contribution in [0.15, 0.2) is 30.5 Å². The van der Waals surface area contributed by atoms with Crippen molar-refractivity contribution in [2.45, 2.75) is 19.8 Å². The summed E-state index contributed by atoms with van der Waals surface area (Å²) in [4.78, 5) is 15.1. The predicted molar refractivity (Wildman–Crippen MR) is 64.0 cm³/mol. The van der Waals surface area contributed by atoms with Gasteiger partial charge in [0, 0.05) is 23.7 Å². The second-order valence-corrected chi connectivity index (χ2v) is 3.89. The van der Waals surface area contributed by atoms with Crippen molar-refractivity contribution in [1.82, 2.24) is 4.98 Å². The average Bonchev–Trinajstić information content (AvgIpc) is 2.27. The van der Waals surface area contributed by atoms with E-state index in [1.807, 2.05) is 18.2 Å². The number of carbonyl (C=O) groups is 1. The van der Waals surface area contributed by atoms with Crippen LogP contribution in [0, 0.1) is 6.92 Å². The normalized spacial score (nSPS) is 10.6. The second-order valence-electron chi connectivity index (χ2n) is 3.89. The van der Waals surface area contributed by atoms with E-state index in [0.717, 1.165) is 11.1 Å². The van der Waals surface area contributed by atoms with Crippen molar-refractivity contribution in [3.05, 3.63) is 41.7 Å². The molecule has 2 rings (SSSR count). The number of primary amides is 1. The smallest absolute Gasteiger partial charge is 0.217 e. The van der Waals surface area contributed by atoms with Gasteiger partial charge in [0.2, 0.25) is 5.91 Å². The van der Waals surface area contributed by atoms with E-state index < -0.39 is 0 Å². The van der Waals surface area contributed by atoms with Crippen molar-refractivity contribution in [3.8, 4) is 0 Å². The minimum Gasteiger partial charge on any atom is -0.370 e. The molecule has 1 heterocycles. The Hall–Kier alpha value is -1.90. The van der Waals surface area contributed by atoms with Gasteiger partial charge in [0.15, 0.2) is 0 Å². The molecule has 0 saturated carbocycles. The number of pyridine rings is 1. The lowest BCUT2D eigenvalue weighted by atomic mass is 10.0. The molecule has 2 N–H and O–H groups in total. The standard InChI is InChI=1S/C13H14N2O/c1-9-3-2-4-11-10(9)7-8-15-12(11)5-6-13(14)16/h2-4,7-8H,5-6H2,1H3,(H2,14,16). The third kappa shape index (κ3) is 2.03. The Labute approximate surface area is 94.3 Å². The molecule has 0 aliphatic heterocycles. The number of benzene rings is 1. The van der Waals surface area contributed by atoms with Crippen molar-refractivity contribution in [2.24, 2.45) is 5.73 Å². The Balaban J connectivity index is 2.45. The predicted octanol–water partition coefficient (Wildman–Crippen LogP) is 1.96. The summed E-state index contributed by atoms with van der Waals surface area (Å²) >= 11 is 0. The molecular formula is C13H14N2O. The summed E-state index contributed by atoms with van der Waals surface area (Å²) in [5, 5.41) is 2.31. The minimum absolute atomic E-state index is 0.286. The van der Waals surface area contributed by atoms with Crippen molar-refractivity contribution in [2.75, 3.05) is 0 Å². The third-order valence-corrected chi connectivity index (χ3v) is 2.71. The lowest BCUT2D eigenvalue weighted by Crippen LogP contribution is -2.11. The molecule has 3 heteroatoms. The number of carbonyl (C=O) groups excluding carboxylic acids is 1. The first-order chi connectivity index (χ1) is 7.68. The minimum atomic E-state index is -0.286. The molecule has 3 nitrogen and oxygen atoms in total. The van der Waals surface area contributed by atoms with Gasteiger partial charge in [0.25, 0.3) is 0 Å². The molecule has 0 bridgehead atoms. The molecule has 82 valence electrons. The van der Waals surface area contributed by atoms with Crippen molar-refractivity contribution < 1.29 is 4.79 Å². The zero-order valence-corrected chi connectivity index (χ0v) is 9.23. The first kappa shape index (κ1) is 10.6. The molecule has 1 aromatic carbocycles. The van der Waals surface area contributed by atoms with Crippen LogP contribution in [0.1, 0.15) is 17.7 Å². The summed E-state index contributed by atoms with van der Waals surface area (Å²) in [5.74, 6) is -0.286. The molecule has 1 aromatic heterocycles. The van der Waals surface area contributed by atoms with Crippen LogP contribution in [0.4, 0.5) is 0 Å². The van der Waals surface area contributed by atoms with Gasteiger partial charge in [-0.25, -0.2) is 0 Å². The summed E-state index contributed by atoms with van der Waals surface area (Å²) in [6.45, 7) is 2.07. The number of nitrogens with two attached hydrogens (primary N) is 1. The van der Waals surface area contributed by atoms with E-state index in [4.69, 9.17) is 5.73 Å². The van der Waals surface area contributed by atoms with Crippen LogP contribution in [-0.2, 0) is 11.2 Å². The highest BCUT2D eigenvalue weighted by Gasteiger charge is 2.05. The van der Waals surface area contributed by atoms with Gasteiger partial charge >= 0.3 is 0 Å². The van der Waals surface area contributed by atoms with E-state index in [1.165, 1.54) is 10.9 Å². The van der Waals surface area contributed by atoms with Crippen molar-refractivity contribution in [3.63, 3.8) is 0 Å². The summed E-state index contributed by atoms with van der Waals surface area (Å²) in [7, 11) is 0. The fourth-order valence-electron chi connectivity index (χ4n) is 1.87. The number of fused-ring (bicyclic) bond motifs is 1. The molecule has 0 saturated heterocycles. The maximum absolute atomic E-state index is 10.8. The Morgan fingerprint density at radius 3 is 2.88 bits per heavy atom. The zero-order chi connectivity index (χ0) is 11.5. The highest BCUT2D eigenvalue weighted by atomic mass is 16.1. The average molecular weight is 214 g/mol. The van der Waals surface area contributed by atoms with Gasteiger partial charge in [-0.3, -0.25) is 9.78 Å². The summed E-state index contributed by atoms with van der Waals surface area (Å²) in [6.07, 6.45) is 2.74. The molecule has 0 atom stereocenters. The van der Waals surface area contributed by atoms with Crippen molar-refractivity contribution >= 4 is 16.7 Å². The SMILES string of the molecule is Cc1cccc2c(CCC(N)=O)nccc12. The van der Waals surface area contributed by atoms with Crippen LogP contribution in [-0.4, -0.2) is 10.9 Å². The molecule has 0 aliphatic rings. The van der Waals surface area contributed by atoms with E-state index in [2.05, 4.69) is 18.0 Å². The van der Waals surface area contributed by atoms with Crippen LogP contribution in [0.2, 0.25) is 0 Å². The number of hydrogen-bond donors (Lipinski definition) is 1. The van der Waals surface area contributed by atoms with E-state index in [9.17, 15) is 4.79 Å². The number of aromatic nitrogens is 1. The fourth-order valence-corrected chi connectivity index (χ4v) is 1.87. The lowest BCUT2D eigenvalue weighted by molar-refractivity contribution is -0.117. The Morgan fingerprint density at radius 1 is 1.31 bits per heavy atom. The highest BCUT2D eigenvalue weighted by molar-refractivity contribution is 5.87. The van der Waals surface area contributed by atoms with Crippen LogP contribution in [0.3, 0.4) is 0 Å². The largest absolute Gasteiger partial charge is 0.370 e. The summed E-state index contributed by atoms with van der Waals surface area (Å²) in [6, 6.07) is 8.11. The third-order valence-electron chi connectivity index (χ3n) is 2.71. The molecule has 0 radical (unpaired) electrons. The van der Waals surface area contributed by atoms with Gasteiger partial charge in [0.05, 0.1) is 0 Å². The second kappa shape index (κ2) is 4.31. The molecule has 0 spiro atoms. The Kier molecular flexibility index (Phi) is 2.86. The Morgan fingerprint density at radius 2 is 2.12 bits per heavy atom. The van der Waals surface area contributed by atoms with E-state index in [-0.39, 0.29) is 5.91 Å². The maximum Gasteiger partial charge on any atom is 0.217 e. The van der Waals surface area contributed by atoms with Crippen molar-refractivity contribution in [1.29, 1.82) is 0 Å². The zero-order valence-electron chi connectivity index (χ0n) is 9.23. The van der Waals surface area contributed by atoms with Crippen LogP contribution < -0.4 is 5.73 Å². The lowest BCUT2D eigenvalue weighted by Gasteiger charge is -2.06. The van der Waals surface area contributed by atoms with Gasteiger partial charge in [-0.1, -0.05) is 18.2 Å². The molecule has 0 aliphatic carbocycles. The van der Waals surface area contributed by atoms with Gasteiger partial charge in [-0.05, 0) is 30.4 Å². The first-order valence-electron chi connectivity index (χ1n) is 5.30. The number of hydrogen-bond acceptors (Lipinski definition) is 2. The van der Waals surface area contributed by atoms with E-state index in [0.29, 0.717) is 12.8 Å². The van der Waals surface area contributed by atoms with E-state index in [1.54, 1.807) is 6.20 Å². The van der Waals surface area contributed by atoms with Gasteiger partial charge in [0.1, 0.15) is 0 Å². The number of aryl methyl sites for hydroxylation is 2. The van der Waals surface area contributed by atoms with Crippen LogP contribution in [0.25, 0.3) is 10.8 Å². The molecule has 0 fully saturated rings. The maximum atomic E-state index is 10.8. The topological polar surface area (TPSA) is 56.0 Å². The highest BCUT2D eigenvalue weighted by Crippen LogP contribution is 2.20. The van der Waals surface area contributed by atoms with Crippen LogP contribution in [0.5, 0.6) is 0 Å². The fraction of sp³-hybridized carbons (Fsp3) is 0.231. The monoisotopic (exact) mass is 214 g/mol. The van der Waals surface area contributed by atoms with E-state index >= 15 is 0 Å². The number of amides is 1. The quantitative estimate of drug-likeness (QED) is 0.849. The number of rotatable bonds is 3. The molecular weight excluding hydrogens is 200 g/mol. The number of nitrogens with zero attached hydrogens (tertiary/aromatic N) is 1. The molecule has 1 amide bonds. The molecule has 2 aromatic rings. The summed E-state index contributed by atoms with van der Waals surface area (Å²) in [5.41, 5.74) is 7.31. The van der Waals surface area contributed by atoms with Gasteiger partial charge < -0.3 is 5.73 Å². The van der Waals surface area contributed by atoms with Gasteiger partial charge in [-0.2, -0.15) is 0 Å². The van der Waals surface area contributed by atoms with Crippen LogP contribution >= 0.6 is 0 Å². The first-order valence-corrected chi connectivity index (χ1v) is 5.30. The van der Waals surface area contributed by atoms with Gasteiger partial charge in [-0.15, -0.1) is 0 Å². The Bertz CT molecular complexity index is 534.